The number of anilines is 2. The number of carbonyl (C=O) groups is 2. The molecule has 6 nitrogen and oxygen atoms in total. The molecule has 0 aliphatic rings. The zero-order valence-electron chi connectivity index (χ0n) is 18.9. The van der Waals surface area contributed by atoms with Gasteiger partial charge in [0.05, 0.1) is 7.11 Å². The Bertz CT molecular complexity index is 1160. The molecule has 0 bridgehead atoms. The number of alkyl halides is 2. The number of ether oxygens (including phenoxy) is 2. The second-order valence-corrected chi connectivity index (χ2v) is 7.38. The van der Waals surface area contributed by atoms with Crippen molar-refractivity contribution in [3.63, 3.8) is 0 Å². The first-order valence-corrected chi connectivity index (χ1v) is 10.4. The van der Waals surface area contributed by atoms with Gasteiger partial charge in [0.1, 0.15) is 5.57 Å². The van der Waals surface area contributed by atoms with Gasteiger partial charge in [0.15, 0.2) is 11.5 Å². The second kappa shape index (κ2) is 11.1. The maximum Gasteiger partial charge on any atom is 0.387 e. The van der Waals surface area contributed by atoms with Gasteiger partial charge in [-0.1, -0.05) is 42.5 Å². The Kier molecular flexibility index (Phi) is 7.97. The summed E-state index contributed by atoms with van der Waals surface area (Å²) in [5, 5.41) is 5.51. The number of aryl methyl sites for hydroxylation is 2. The van der Waals surface area contributed by atoms with Crippen LogP contribution in [0.5, 0.6) is 11.5 Å². The number of halogens is 2. The molecule has 0 spiro atoms. The predicted molar refractivity (Wildman–Crippen MR) is 127 cm³/mol. The van der Waals surface area contributed by atoms with Crippen molar-refractivity contribution in [2.24, 2.45) is 0 Å². The third-order valence-electron chi connectivity index (χ3n) is 4.99. The first-order chi connectivity index (χ1) is 16.3. The molecule has 0 saturated heterocycles. The molecule has 0 fully saturated rings. The average molecular weight is 466 g/mol. The molecule has 0 aromatic heterocycles. The number of carbonyl (C=O) groups excluding carboxylic acids is 2. The first-order valence-electron chi connectivity index (χ1n) is 10.4. The standard InChI is InChI=1S/C26H24F2N2O4/c1-16-8-4-6-10-20(16)29-24(31)19(25(32)30-21-11-7-5-9-17(21)2)14-18-12-13-22(34-26(27)28)23(15-18)33-3/h4-15,26H,1-3H3,(H,29,31)(H,30,32). The highest BCUT2D eigenvalue weighted by molar-refractivity contribution is 6.29. The topological polar surface area (TPSA) is 76.7 Å². The van der Waals surface area contributed by atoms with E-state index in [-0.39, 0.29) is 17.1 Å². The van der Waals surface area contributed by atoms with Crippen LogP contribution in [0.2, 0.25) is 0 Å². The lowest BCUT2D eigenvalue weighted by Gasteiger charge is -2.14. The minimum Gasteiger partial charge on any atom is -0.493 e. The molecule has 2 amide bonds. The minimum atomic E-state index is -3.02. The summed E-state index contributed by atoms with van der Waals surface area (Å²) < 4.78 is 34.8. The molecule has 3 rings (SSSR count). The van der Waals surface area contributed by atoms with Crippen molar-refractivity contribution >= 4 is 29.3 Å². The zero-order chi connectivity index (χ0) is 24.7. The highest BCUT2D eigenvalue weighted by atomic mass is 19.3. The van der Waals surface area contributed by atoms with Crippen LogP contribution in [0.25, 0.3) is 6.08 Å². The summed E-state index contributed by atoms with van der Waals surface area (Å²) in [7, 11) is 1.30. The van der Waals surface area contributed by atoms with E-state index in [4.69, 9.17) is 4.74 Å². The summed E-state index contributed by atoms with van der Waals surface area (Å²) >= 11 is 0. The SMILES string of the molecule is COc1cc(C=C(C(=O)Nc2ccccc2C)C(=O)Nc2ccccc2C)ccc1OC(F)F. The molecular formula is C26H24F2N2O4. The van der Waals surface area contributed by atoms with E-state index in [0.717, 1.165) is 11.1 Å². The van der Waals surface area contributed by atoms with Crippen molar-refractivity contribution in [1.82, 2.24) is 0 Å². The summed E-state index contributed by atoms with van der Waals surface area (Å²) in [6.07, 6.45) is 1.36. The highest BCUT2D eigenvalue weighted by Gasteiger charge is 2.21. The van der Waals surface area contributed by atoms with Gasteiger partial charge in [-0.15, -0.1) is 0 Å². The van der Waals surface area contributed by atoms with Gasteiger partial charge < -0.3 is 20.1 Å². The molecule has 0 aliphatic heterocycles. The fraction of sp³-hybridized carbons (Fsp3) is 0.154. The Morgan fingerprint density at radius 1 is 0.824 bits per heavy atom. The van der Waals surface area contributed by atoms with Crippen LogP contribution in [0.3, 0.4) is 0 Å². The number of rotatable bonds is 8. The Balaban J connectivity index is 1.99. The molecule has 0 unspecified atom stereocenters. The number of para-hydroxylation sites is 2. The average Bonchev–Trinajstić information content (AvgIpc) is 2.80. The molecule has 0 atom stereocenters. The summed E-state index contributed by atoms with van der Waals surface area (Å²) in [6, 6.07) is 18.5. The number of hydrogen-bond acceptors (Lipinski definition) is 4. The molecular weight excluding hydrogens is 442 g/mol. The fourth-order valence-electron chi connectivity index (χ4n) is 3.17. The maximum atomic E-state index is 13.2. The van der Waals surface area contributed by atoms with Crippen molar-refractivity contribution in [1.29, 1.82) is 0 Å². The Morgan fingerprint density at radius 2 is 1.35 bits per heavy atom. The number of nitrogens with one attached hydrogen (secondary N) is 2. The van der Waals surface area contributed by atoms with Crippen molar-refractivity contribution in [3.8, 4) is 11.5 Å². The highest BCUT2D eigenvalue weighted by Crippen LogP contribution is 2.30. The van der Waals surface area contributed by atoms with Crippen molar-refractivity contribution < 1.29 is 27.8 Å². The van der Waals surface area contributed by atoms with Crippen LogP contribution in [0.4, 0.5) is 20.2 Å². The van der Waals surface area contributed by atoms with Gasteiger partial charge in [-0.2, -0.15) is 8.78 Å². The van der Waals surface area contributed by atoms with Crippen molar-refractivity contribution in [2.45, 2.75) is 20.5 Å². The van der Waals surface area contributed by atoms with Crippen LogP contribution in [0.1, 0.15) is 16.7 Å². The Hall–Kier alpha value is -4.20. The quantitative estimate of drug-likeness (QED) is 0.258. The van der Waals surface area contributed by atoms with E-state index in [2.05, 4.69) is 15.4 Å². The van der Waals surface area contributed by atoms with Gasteiger partial charge in [-0.25, -0.2) is 0 Å². The lowest BCUT2D eigenvalue weighted by Crippen LogP contribution is -2.25. The van der Waals surface area contributed by atoms with Gasteiger partial charge in [-0.05, 0) is 60.9 Å². The lowest BCUT2D eigenvalue weighted by molar-refractivity contribution is -0.118. The van der Waals surface area contributed by atoms with E-state index >= 15 is 0 Å². The van der Waals surface area contributed by atoms with Crippen LogP contribution >= 0.6 is 0 Å². The number of methoxy groups -OCH3 is 1. The lowest BCUT2D eigenvalue weighted by atomic mass is 10.1. The van der Waals surface area contributed by atoms with Gasteiger partial charge >= 0.3 is 6.61 Å². The van der Waals surface area contributed by atoms with E-state index in [1.54, 1.807) is 24.3 Å². The summed E-state index contributed by atoms with van der Waals surface area (Å²) in [5.74, 6) is -1.39. The molecule has 176 valence electrons. The minimum absolute atomic E-state index is 0.0343. The van der Waals surface area contributed by atoms with Crippen LogP contribution in [-0.2, 0) is 9.59 Å². The first kappa shape index (κ1) is 24.4. The Morgan fingerprint density at radius 3 is 1.82 bits per heavy atom. The second-order valence-electron chi connectivity index (χ2n) is 7.38. The number of amides is 2. The van der Waals surface area contributed by atoms with E-state index in [1.165, 1.54) is 31.4 Å². The van der Waals surface area contributed by atoms with Crippen molar-refractivity contribution in [2.75, 3.05) is 17.7 Å². The van der Waals surface area contributed by atoms with Gasteiger partial charge in [0.2, 0.25) is 0 Å². The van der Waals surface area contributed by atoms with E-state index in [0.29, 0.717) is 16.9 Å². The largest absolute Gasteiger partial charge is 0.493 e. The number of hydrogen-bond donors (Lipinski definition) is 2. The van der Waals surface area contributed by atoms with Crippen LogP contribution < -0.4 is 20.1 Å². The summed E-state index contributed by atoms with van der Waals surface area (Å²) in [6.45, 7) is 0.642. The zero-order valence-corrected chi connectivity index (χ0v) is 18.9. The molecule has 3 aromatic rings. The van der Waals surface area contributed by atoms with Crippen molar-refractivity contribution in [3.05, 3.63) is 89.0 Å². The molecule has 34 heavy (non-hydrogen) atoms. The van der Waals surface area contributed by atoms with E-state index in [1.807, 2.05) is 38.1 Å². The molecule has 2 N–H and O–H groups in total. The van der Waals surface area contributed by atoms with Gasteiger partial charge in [-0.3, -0.25) is 9.59 Å². The normalized spacial score (nSPS) is 10.4. The van der Waals surface area contributed by atoms with Crippen LogP contribution in [0, 0.1) is 13.8 Å². The fourth-order valence-corrected chi connectivity index (χ4v) is 3.17. The molecule has 0 aliphatic carbocycles. The maximum absolute atomic E-state index is 13.2. The number of benzene rings is 3. The van der Waals surface area contributed by atoms with Crippen LogP contribution in [0.15, 0.2) is 72.3 Å². The smallest absolute Gasteiger partial charge is 0.387 e. The van der Waals surface area contributed by atoms with Gasteiger partial charge in [0.25, 0.3) is 11.8 Å². The third kappa shape index (κ3) is 6.19. The third-order valence-corrected chi connectivity index (χ3v) is 4.99. The van der Waals surface area contributed by atoms with E-state index < -0.39 is 18.4 Å². The summed E-state index contributed by atoms with van der Waals surface area (Å²) in [4.78, 5) is 26.3. The Labute approximate surface area is 196 Å². The monoisotopic (exact) mass is 466 g/mol. The molecule has 3 aromatic carbocycles. The molecule has 8 heteroatoms. The van der Waals surface area contributed by atoms with Gasteiger partial charge in [0, 0.05) is 11.4 Å². The molecule has 0 radical (unpaired) electrons. The van der Waals surface area contributed by atoms with Crippen LogP contribution in [-0.4, -0.2) is 25.5 Å². The molecule has 0 heterocycles. The summed E-state index contributed by atoms with van der Waals surface area (Å²) in [5.41, 5.74) is 2.96. The molecule has 0 saturated carbocycles. The predicted octanol–water partition coefficient (Wildman–Crippen LogP) is 5.57. The van der Waals surface area contributed by atoms with E-state index in [9.17, 15) is 18.4 Å².